The lowest BCUT2D eigenvalue weighted by molar-refractivity contribution is 0.0854. The fraction of sp³-hybridized carbons (Fsp3) is 0.455. The van der Waals surface area contributed by atoms with E-state index in [0.29, 0.717) is 12.5 Å². The van der Waals surface area contributed by atoms with Gasteiger partial charge in [0.2, 0.25) is 0 Å². The first kappa shape index (κ1) is 27.1. The fourth-order valence-corrected chi connectivity index (χ4v) is 5.17. The van der Waals surface area contributed by atoms with E-state index in [4.69, 9.17) is 14.2 Å². The van der Waals surface area contributed by atoms with Gasteiger partial charge in [-0.3, -0.25) is 0 Å². The molecule has 1 fully saturated rings. The van der Waals surface area contributed by atoms with Crippen LogP contribution in [0.15, 0.2) is 72.8 Å². The van der Waals surface area contributed by atoms with Crippen molar-refractivity contribution in [3.63, 3.8) is 0 Å². The first-order valence-electron chi connectivity index (χ1n) is 14.1. The topological polar surface area (TPSA) is 39.7 Å². The highest BCUT2D eigenvalue weighted by atomic mass is 16.5. The first-order valence-corrected chi connectivity index (χ1v) is 14.1. The number of rotatable bonds is 14. The Hall–Kier alpha value is -2.98. The molecule has 1 N–H and O–H groups in total. The highest BCUT2D eigenvalue weighted by Crippen LogP contribution is 2.37. The van der Waals surface area contributed by atoms with Crippen molar-refractivity contribution < 1.29 is 14.2 Å². The van der Waals surface area contributed by atoms with E-state index in [9.17, 15) is 0 Å². The third-order valence-corrected chi connectivity index (χ3v) is 7.35. The van der Waals surface area contributed by atoms with Gasteiger partial charge in [0.05, 0.1) is 6.61 Å². The zero-order valence-electron chi connectivity index (χ0n) is 22.6. The monoisotopic (exact) mass is 501 g/mol. The standard InChI is InChI=1S/C33H43NO3/c1-3-10-26(4-2)13-9-20-36-30-15-8-14-29(23-30)34-33-17-16-31(37-25-27-11-6-5-7-12-27)24-32(33)28-18-21-35-22-19-28/h5-8,11-12,14-17,23-24,26,28,34H,3-4,9-10,13,18-22,25H2,1-2H3. The Morgan fingerprint density at radius 3 is 2.46 bits per heavy atom. The van der Waals surface area contributed by atoms with E-state index >= 15 is 0 Å². The van der Waals surface area contributed by atoms with Crippen molar-refractivity contribution in [2.24, 2.45) is 5.92 Å². The van der Waals surface area contributed by atoms with Crippen LogP contribution in [0, 0.1) is 5.92 Å². The second kappa shape index (κ2) is 14.7. The van der Waals surface area contributed by atoms with Crippen LogP contribution in [-0.4, -0.2) is 19.8 Å². The van der Waals surface area contributed by atoms with Crippen LogP contribution in [0.5, 0.6) is 11.5 Å². The molecule has 37 heavy (non-hydrogen) atoms. The summed E-state index contributed by atoms with van der Waals surface area (Å²) in [5, 5.41) is 3.67. The van der Waals surface area contributed by atoms with Crippen LogP contribution in [0.25, 0.3) is 0 Å². The molecule has 1 aliphatic heterocycles. The molecule has 4 rings (SSSR count). The molecule has 1 heterocycles. The number of nitrogens with one attached hydrogen (secondary N) is 1. The molecule has 1 aliphatic rings. The molecular formula is C33H43NO3. The molecule has 0 spiro atoms. The minimum atomic E-state index is 0.450. The first-order chi connectivity index (χ1) is 18.2. The number of ether oxygens (including phenoxy) is 3. The molecule has 0 bridgehead atoms. The van der Waals surface area contributed by atoms with E-state index in [2.05, 4.69) is 73.8 Å². The van der Waals surface area contributed by atoms with Gasteiger partial charge in [-0.15, -0.1) is 0 Å². The molecule has 4 nitrogen and oxygen atoms in total. The number of hydrogen-bond acceptors (Lipinski definition) is 4. The Labute approximate surface area is 223 Å². The molecule has 0 radical (unpaired) electrons. The molecule has 1 unspecified atom stereocenters. The van der Waals surface area contributed by atoms with Gasteiger partial charge >= 0.3 is 0 Å². The Bertz CT molecular complexity index is 1060. The summed E-state index contributed by atoms with van der Waals surface area (Å²) in [4.78, 5) is 0. The lowest BCUT2D eigenvalue weighted by atomic mass is 9.90. The van der Waals surface area contributed by atoms with Crippen LogP contribution in [0.2, 0.25) is 0 Å². The van der Waals surface area contributed by atoms with Crippen molar-refractivity contribution in [1.29, 1.82) is 0 Å². The summed E-state index contributed by atoms with van der Waals surface area (Å²) >= 11 is 0. The van der Waals surface area contributed by atoms with Crippen molar-refractivity contribution in [2.45, 2.75) is 71.3 Å². The highest BCUT2D eigenvalue weighted by molar-refractivity contribution is 5.66. The molecule has 1 atom stereocenters. The molecule has 0 saturated carbocycles. The predicted octanol–water partition coefficient (Wildman–Crippen LogP) is 8.89. The minimum Gasteiger partial charge on any atom is -0.494 e. The van der Waals surface area contributed by atoms with E-state index < -0.39 is 0 Å². The van der Waals surface area contributed by atoms with Crippen LogP contribution < -0.4 is 14.8 Å². The maximum Gasteiger partial charge on any atom is 0.121 e. The van der Waals surface area contributed by atoms with Gasteiger partial charge in [0.25, 0.3) is 0 Å². The van der Waals surface area contributed by atoms with Gasteiger partial charge in [0, 0.05) is 30.7 Å². The summed E-state index contributed by atoms with van der Waals surface area (Å²) in [5.74, 6) is 3.10. The molecule has 3 aromatic carbocycles. The SMILES string of the molecule is CCCC(CC)CCCOc1cccc(Nc2ccc(OCc3ccccc3)cc2C2CCOCC2)c1. The van der Waals surface area contributed by atoms with Crippen LogP contribution in [0.4, 0.5) is 11.4 Å². The van der Waals surface area contributed by atoms with Crippen molar-refractivity contribution in [2.75, 3.05) is 25.1 Å². The normalized spacial score (nSPS) is 14.8. The van der Waals surface area contributed by atoms with Crippen LogP contribution in [0.3, 0.4) is 0 Å². The second-order valence-corrected chi connectivity index (χ2v) is 10.1. The van der Waals surface area contributed by atoms with Gasteiger partial charge in [-0.2, -0.15) is 0 Å². The van der Waals surface area contributed by atoms with Crippen molar-refractivity contribution in [1.82, 2.24) is 0 Å². The van der Waals surface area contributed by atoms with Crippen LogP contribution in [-0.2, 0) is 11.3 Å². The zero-order valence-corrected chi connectivity index (χ0v) is 22.6. The van der Waals surface area contributed by atoms with Gasteiger partial charge in [-0.1, -0.05) is 69.5 Å². The quantitative estimate of drug-likeness (QED) is 0.224. The Kier molecular flexibility index (Phi) is 10.7. The van der Waals surface area contributed by atoms with Gasteiger partial charge in [-0.25, -0.2) is 0 Å². The van der Waals surface area contributed by atoms with E-state index in [0.717, 1.165) is 67.9 Å². The van der Waals surface area contributed by atoms with Crippen molar-refractivity contribution in [3.05, 3.63) is 83.9 Å². The largest absolute Gasteiger partial charge is 0.494 e. The zero-order chi connectivity index (χ0) is 25.7. The summed E-state index contributed by atoms with van der Waals surface area (Å²) in [6.07, 6.45) is 8.25. The lowest BCUT2D eigenvalue weighted by Crippen LogP contribution is -2.15. The summed E-state index contributed by atoms with van der Waals surface area (Å²) < 4.78 is 17.9. The molecule has 1 saturated heterocycles. The third kappa shape index (κ3) is 8.53. The number of hydrogen-bond donors (Lipinski definition) is 1. The minimum absolute atomic E-state index is 0.450. The highest BCUT2D eigenvalue weighted by Gasteiger charge is 2.20. The summed E-state index contributed by atoms with van der Waals surface area (Å²) in [6, 6.07) is 25.1. The molecule has 3 aromatic rings. The lowest BCUT2D eigenvalue weighted by Gasteiger charge is -2.25. The molecule has 0 aromatic heterocycles. The predicted molar refractivity (Wildman–Crippen MR) is 153 cm³/mol. The molecular weight excluding hydrogens is 458 g/mol. The smallest absolute Gasteiger partial charge is 0.121 e. The van der Waals surface area contributed by atoms with Crippen LogP contribution >= 0.6 is 0 Å². The van der Waals surface area contributed by atoms with Gasteiger partial charge in [0.1, 0.15) is 18.1 Å². The van der Waals surface area contributed by atoms with E-state index in [-0.39, 0.29) is 0 Å². The fourth-order valence-electron chi connectivity index (χ4n) is 5.17. The van der Waals surface area contributed by atoms with Gasteiger partial charge in [-0.05, 0) is 79.0 Å². The Morgan fingerprint density at radius 1 is 0.865 bits per heavy atom. The van der Waals surface area contributed by atoms with Gasteiger partial charge < -0.3 is 19.5 Å². The van der Waals surface area contributed by atoms with Gasteiger partial charge in [0.15, 0.2) is 0 Å². The molecule has 0 aliphatic carbocycles. The number of benzene rings is 3. The molecule has 0 amide bonds. The van der Waals surface area contributed by atoms with E-state index in [1.54, 1.807) is 0 Å². The summed E-state index contributed by atoms with van der Waals surface area (Å²) in [7, 11) is 0. The maximum absolute atomic E-state index is 6.16. The molecule has 198 valence electrons. The Morgan fingerprint density at radius 2 is 1.68 bits per heavy atom. The van der Waals surface area contributed by atoms with E-state index in [1.807, 2.05) is 18.2 Å². The molecule has 4 heteroatoms. The average Bonchev–Trinajstić information content (AvgIpc) is 2.95. The summed E-state index contributed by atoms with van der Waals surface area (Å²) in [6.45, 7) is 7.52. The van der Waals surface area contributed by atoms with Crippen molar-refractivity contribution >= 4 is 11.4 Å². The second-order valence-electron chi connectivity index (χ2n) is 10.1. The maximum atomic E-state index is 6.16. The average molecular weight is 502 g/mol. The summed E-state index contributed by atoms with van der Waals surface area (Å²) in [5.41, 5.74) is 4.63. The third-order valence-electron chi connectivity index (χ3n) is 7.35. The van der Waals surface area contributed by atoms with Crippen molar-refractivity contribution in [3.8, 4) is 11.5 Å². The van der Waals surface area contributed by atoms with E-state index in [1.165, 1.54) is 36.8 Å². The Balaban J connectivity index is 1.41. The van der Waals surface area contributed by atoms with Crippen LogP contribution in [0.1, 0.15) is 75.8 Å². The number of anilines is 2.